The molecule has 0 saturated heterocycles. The molecular weight excluding hydrogens is 393 g/mol. The minimum absolute atomic E-state index is 0.304. The molecule has 0 aliphatic carbocycles. The lowest BCUT2D eigenvalue weighted by Crippen LogP contribution is -2.21. The van der Waals surface area contributed by atoms with Gasteiger partial charge in [-0.1, -0.05) is 35.3 Å². The highest BCUT2D eigenvalue weighted by Gasteiger charge is 2.13. The molecule has 2 aromatic rings. The van der Waals surface area contributed by atoms with Gasteiger partial charge in [-0.05, 0) is 46.3 Å². The topological polar surface area (TPSA) is 55.4 Å². The van der Waals surface area contributed by atoms with Gasteiger partial charge in [-0.3, -0.25) is 4.79 Å². The molecule has 0 aromatic heterocycles. The molecule has 2 rings (SSSR count). The van der Waals surface area contributed by atoms with Gasteiger partial charge in [0.15, 0.2) is 6.61 Å². The monoisotopic (exact) mass is 401 g/mol. The second kappa shape index (κ2) is 7.63. The lowest BCUT2D eigenvalue weighted by molar-refractivity contribution is -0.119. The second-order valence-corrected chi connectivity index (χ2v) is 5.93. The first-order valence-corrected chi connectivity index (χ1v) is 7.69. The van der Waals surface area contributed by atoms with Crippen LogP contribution in [0.4, 0.5) is 5.69 Å². The van der Waals surface area contributed by atoms with Gasteiger partial charge in [0, 0.05) is 9.50 Å². The van der Waals surface area contributed by atoms with E-state index in [1.807, 2.05) is 0 Å². The minimum Gasteiger partial charge on any atom is -0.452 e. The van der Waals surface area contributed by atoms with E-state index in [1.165, 1.54) is 6.07 Å². The molecule has 1 N–H and O–H groups in total. The third-order valence-electron chi connectivity index (χ3n) is 2.63. The van der Waals surface area contributed by atoms with Crippen molar-refractivity contribution in [2.24, 2.45) is 0 Å². The van der Waals surface area contributed by atoms with Crippen molar-refractivity contribution in [3.8, 4) is 0 Å². The number of nitrogens with one attached hydrogen (secondary N) is 1. The maximum absolute atomic E-state index is 11.9. The molecule has 0 saturated carbocycles. The number of benzene rings is 2. The van der Waals surface area contributed by atoms with E-state index in [0.717, 1.165) is 0 Å². The second-order valence-electron chi connectivity index (χ2n) is 4.23. The van der Waals surface area contributed by atoms with Gasteiger partial charge in [0.1, 0.15) is 0 Å². The SMILES string of the molecule is O=C(COC(=O)c1ccccc1Br)Nc1ccc(Cl)cc1Cl. The summed E-state index contributed by atoms with van der Waals surface area (Å²) in [6, 6.07) is 11.5. The Balaban J connectivity index is 1.93. The smallest absolute Gasteiger partial charge is 0.339 e. The van der Waals surface area contributed by atoms with E-state index < -0.39 is 18.5 Å². The summed E-state index contributed by atoms with van der Waals surface area (Å²) in [6.45, 7) is -0.418. The summed E-state index contributed by atoms with van der Waals surface area (Å²) in [7, 11) is 0. The molecule has 2 aromatic carbocycles. The van der Waals surface area contributed by atoms with E-state index in [9.17, 15) is 9.59 Å². The Morgan fingerprint density at radius 2 is 1.86 bits per heavy atom. The van der Waals surface area contributed by atoms with Crippen molar-refractivity contribution in [2.75, 3.05) is 11.9 Å². The lowest BCUT2D eigenvalue weighted by Gasteiger charge is -2.09. The van der Waals surface area contributed by atoms with Crippen molar-refractivity contribution >= 4 is 56.7 Å². The number of hydrogen-bond donors (Lipinski definition) is 1. The van der Waals surface area contributed by atoms with Gasteiger partial charge in [-0.25, -0.2) is 4.79 Å². The molecule has 114 valence electrons. The van der Waals surface area contributed by atoms with Crippen LogP contribution >= 0.6 is 39.1 Å². The molecule has 0 heterocycles. The number of amides is 1. The highest BCUT2D eigenvalue weighted by atomic mass is 79.9. The zero-order valence-electron chi connectivity index (χ0n) is 11.1. The quantitative estimate of drug-likeness (QED) is 0.763. The molecule has 0 radical (unpaired) electrons. The predicted molar refractivity (Wildman–Crippen MR) is 89.5 cm³/mol. The first-order chi connectivity index (χ1) is 10.5. The standard InChI is InChI=1S/C15H10BrCl2NO3/c16-11-4-2-1-3-10(11)15(21)22-8-14(20)19-13-6-5-9(17)7-12(13)18/h1-7H,8H2,(H,19,20). The largest absolute Gasteiger partial charge is 0.452 e. The van der Waals surface area contributed by atoms with Crippen LogP contribution in [0.1, 0.15) is 10.4 Å². The maximum atomic E-state index is 11.9. The number of ether oxygens (including phenoxy) is 1. The summed E-state index contributed by atoms with van der Waals surface area (Å²) in [5, 5.41) is 3.31. The van der Waals surface area contributed by atoms with Gasteiger partial charge >= 0.3 is 5.97 Å². The van der Waals surface area contributed by atoms with E-state index in [4.69, 9.17) is 27.9 Å². The van der Waals surface area contributed by atoms with Crippen LogP contribution in [0.25, 0.3) is 0 Å². The number of carbonyl (C=O) groups is 2. The van der Waals surface area contributed by atoms with Crippen molar-refractivity contribution in [3.63, 3.8) is 0 Å². The summed E-state index contributed by atoms with van der Waals surface area (Å²) in [5.74, 6) is -1.09. The number of rotatable bonds is 4. The van der Waals surface area contributed by atoms with Crippen LogP contribution in [0.2, 0.25) is 10.0 Å². The van der Waals surface area contributed by atoms with Crippen LogP contribution in [-0.4, -0.2) is 18.5 Å². The minimum atomic E-state index is -0.593. The van der Waals surface area contributed by atoms with Gasteiger partial charge in [0.2, 0.25) is 0 Å². The lowest BCUT2D eigenvalue weighted by atomic mass is 10.2. The number of carbonyl (C=O) groups excluding carboxylic acids is 2. The summed E-state index contributed by atoms with van der Waals surface area (Å²) in [5.41, 5.74) is 0.743. The summed E-state index contributed by atoms with van der Waals surface area (Å²) in [4.78, 5) is 23.6. The van der Waals surface area contributed by atoms with Gasteiger partial charge < -0.3 is 10.1 Å². The summed E-state index contributed by atoms with van der Waals surface area (Å²) in [6.07, 6.45) is 0. The number of hydrogen-bond acceptors (Lipinski definition) is 3. The maximum Gasteiger partial charge on any atom is 0.339 e. The Bertz CT molecular complexity index is 722. The Hall–Kier alpha value is -1.56. The summed E-state index contributed by atoms with van der Waals surface area (Å²) < 4.78 is 5.55. The van der Waals surface area contributed by atoms with Crippen LogP contribution < -0.4 is 5.32 Å². The molecule has 0 bridgehead atoms. The van der Waals surface area contributed by atoms with Gasteiger partial charge in [-0.15, -0.1) is 0 Å². The van der Waals surface area contributed by atoms with Crippen molar-refractivity contribution in [1.29, 1.82) is 0 Å². The molecule has 4 nitrogen and oxygen atoms in total. The molecule has 0 fully saturated rings. The Labute approximate surface area is 145 Å². The van der Waals surface area contributed by atoms with Gasteiger partial charge in [0.05, 0.1) is 16.3 Å². The van der Waals surface area contributed by atoms with Crippen LogP contribution in [0.5, 0.6) is 0 Å². The molecule has 7 heteroatoms. The fraction of sp³-hybridized carbons (Fsp3) is 0.0667. The van der Waals surface area contributed by atoms with Crippen LogP contribution in [0.15, 0.2) is 46.9 Å². The highest BCUT2D eigenvalue weighted by Crippen LogP contribution is 2.25. The predicted octanol–water partition coefficient (Wildman–Crippen LogP) is 4.55. The van der Waals surface area contributed by atoms with Crippen LogP contribution in [0.3, 0.4) is 0 Å². The number of anilines is 1. The average molecular weight is 403 g/mol. The first kappa shape index (κ1) is 16.8. The fourth-order valence-corrected chi connectivity index (χ4v) is 2.52. The third kappa shape index (κ3) is 4.47. The zero-order chi connectivity index (χ0) is 16.1. The first-order valence-electron chi connectivity index (χ1n) is 6.14. The van der Waals surface area contributed by atoms with E-state index in [0.29, 0.717) is 25.8 Å². The van der Waals surface area contributed by atoms with E-state index in [-0.39, 0.29) is 0 Å². The molecule has 22 heavy (non-hydrogen) atoms. The molecule has 0 atom stereocenters. The van der Waals surface area contributed by atoms with E-state index >= 15 is 0 Å². The Morgan fingerprint density at radius 3 is 2.55 bits per heavy atom. The normalized spacial score (nSPS) is 10.1. The molecule has 0 aliphatic rings. The van der Waals surface area contributed by atoms with Crippen molar-refractivity contribution in [2.45, 2.75) is 0 Å². The molecule has 1 amide bonds. The van der Waals surface area contributed by atoms with Crippen molar-refractivity contribution < 1.29 is 14.3 Å². The average Bonchev–Trinajstić information content (AvgIpc) is 2.48. The Kier molecular flexibility index (Phi) is 5.83. The van der Waals surface area contributed by atoms with Crippen LogP contribution in [0, 0.1) is 0 Å². The zero-order valence-corrected chi connectivity index (χ0v) is 14.2. The van der Waals surface area contributed by atoms with Crippen LogP contribution in [-0.2, 0) is 9.53 Å². The van der Waals surface area contributed by atoms with Crippen molar-refractivity contribution in [1.82, 2.24) is 0 Å². The molecular formula is C15H10BrCl2NO3. The Morgan fingerprint density at radius 1 is 1.14 bits per heavy atom. The van der Waals surface area contributed by atoms with Gasteiger partial charge in [-0.2, -0.15) is 0 Å². The van der Waals surface area contributed by atoms with Gasteiger partial charge in [0.25, 0.3) is 5.91 Å². The highest BCUT2D eigenvalue weighted by molar-refractivity contribution is 9.10. The summed E-state index contributed by atoms with van der Waals surface area (Å²) >= 11 is 15.0. The van der Waals surface area contributed by atoms with E-state index in [1.54, 1.807) is 36.4 Å². The molecule has 0 unspecified atom stereocenters. The number of esters is 1. The fourth-order valence-electron chi connectivity index (χ4n) is 1.61. The van der Waals surface area contributed by atoms with Crippen molar-refractivity contribution in [3.05, 3.63) is 62.5 Å². The number of halogens is 3. The molecule has 0 aliphatic heterocycles. The molecule has 0 spiro atoms. The third-order valence-corrected chi connectivity index (χ3v) is 3.87. The van der Waals surface area contributed by atoms with E-state index in [2.05, 4.69) is 21.2 Å².